The molecule has 1 saturated heterocycles. The fraction of sp³-hybridized carbons (Fsp3) is 0.167. The fourth-order valence-electron chi connectivity index (χ4n) is 2.61. The molecule has 1 fully saturated rings. The van der Waals surface area contributed by atoms with Crippen LogP contribution in [0, 0.1) is 0 Å². The number of hydrazine groups is 1. The van der Waals surface area contributed by atoms with E-state index in [0.29, 0.717) is 10.6 Å². The Morgan fingerprint density at radius 2 is 1.90 bits per heavy atom. The monoisotopic (exact) mass is 452 g/mol. The van der Waals surface area contributed by atoms with Crippen LogP contribution in [0.3, 0.4) is 0 Å². The van der Waals surface area contributed by atoms with Gasteiger partial charge in [0.1, 0.15) is 17.2 Å². The summed E-state index contributed by atoms with van der Waals surface area (Å²) >= 11 is 5.82. The van der Waals surface area contributed by atoms with Gasteiger partial charge in [0, 0.05) is 17.1 Å². The summed E-state index contributed by atoms with van der Waals surface area (Å²) in [6.45, 7) is -0.344. The topological polar surface area (TPSA) is 134 Å². The standard InChI is InChI=1S/C18H17ClN4O6S/c1-29-14-7-4-12(17(25)22-23-10-16(24)21-18(23)26)8-15(14)30(27,28)20-9-11-2-5-13(19)6-3-11/h2-8,20H,9-10H2,1H3,(H,22,25)(H,21,24,26). The first-order chi connectivity index (χ1) is 14.2. The van der Waals surface area contributed by atoms with Gasteiger partial charge in [-0.25, -0.2) is 22.9 Å². The number of rotatable bonds is 7. The lowest BCUT2D eigenvalue weighted by Crippen LogP contribution is -2.44. The third-order valence-corrected chi connectivity index (χ3v) is 5.80. The molecule has 158 valence electrons. The molecule has 1 heterocycles. The minimum absolute atomic E-state index is 0.00482. The Morgan fingerprint density at radius 1 is 1.20 bits per heavy atom. The molecular weight excluding hydrogens is 436 g/mol. The summed E-state index contributed by atoms with van der Waals surface area (Å²) < 4.78 is 33.1. The molecule has 2 aromatic rings. The Bertz CT molecular complexity index is 1100. The number of sulfonamides is 1. The van der Waals surface area contributed by atoms with Crippen molar-refractivity contribution in [2.45, 2.75) is 11.4 Å². The number of amides is 4. The summed E-state index contributed by atoms with van der Waals surface area (Å²) in [6, 6.07) is 9.62. The van der Waals surface area contributed by atoms with Crippen LogP contribution in [0.2, 0.25) is 5.02 Å². The zero-order valence-electron chi connectivity index (χ0n) is 15.6. The van der Waals surface area contributed by atoms with Crippen LogP contribution >= 0.6 is 11.6 Å². The fourth-order valence-corrected chi connectivity index (χ4v) is 3.94. The highest BCUT2D eigenvalue weighted by molar-refractivity contribution is 7.89. The van der Waals surface area contributed by atoms with Gasteiger partial charge in [0.05, 0.1) is 7.11 Å². The number of hydrogen-bond acceptors (Lipinski definition) is 6. The van der Waals surface area contributed by atoms with E-state index in [-0.39, 0.29) is 29.3 Å². The number of urea groups is 1. The van der Waals surface area contributed by atoms with Crippen molar-refractivity contribution < 1.29 is 27.5 Å². The van der Waals surface area contributed by atoms with Crippen molar-refractivity contribution in [3.63, 3.8) is 0 Å². The second kappa shape index (κ2) is 8.69. The minimum Gasteiger partial charge on any atom is -0.495 e. The van der Waals surface area contributed by atoms with E-state index in [4.69, 9.17) is 16.3 Å². The second-order valence-electron chi connectivity index (χ2n) is 6.20. The summed E-state index contributed by atoms with van der Waals surface area (Å²) in [5.41, 5.74) is 2.88. The van der Waals surface area contributed by atoms with Crippen LogP contribution in [0.5, 0.6) is 5.75 Å². The van der Waals surface area contributed by atoms with Crippen molar-refractivity contribution in [2.75, 3.05) is 13.7 Å². The third kappa shape index (κ3) is 4.87. The number of carbonyl (C=O) groups is 3. The van der Waals surface area contributed by atoms with E-state index in [1.165, 1.54) is 19.2 Å². The van der Waals surface area contributed by atoms with Crippen LogP contribution in [0.15, 0.2) is 47.4 Å². The lowest BCUT2D eigenvalue weighted by atomic mass is 10.2. The maximum absolute atomic E-state index is 12.8. The largest absolute Gasteiger partial charge is 0.495 e. The number of nitrogens with one attached hydrogen (secondary N) is 3. The van der Waals surface area contributed by atoms with Crippen LogP contribution in [-0.4, -0.2) is 44.9 Å². The smallest absolute Gasteiger partial charge is 0.343 e. The molecule has 3 rings (SSSR count). The maximum Gasteiger partial charge on any atom is 0.343 e. The van der Waals surface area contributed by atoms with Crippen LogP contribution < -0.4 is 20.2 Å². The van der Waals surface area contributed by atoms with Crippen LogP contribution in [0.4, 0.5) is 4.79 Å². The highest BCUT2D eigenvalue weighted by atomic mass is 35.5. The number of carbonyl (C=O) groups excluding carboxylic acids is 3. The van der Waals surface area contributed by atoms with Gasteiger partial charge >= 0.3 is 6.03 Å². The van der Waals surface area contributed by atoms with Gasteiger partial charge in [-0.1, -0.05) is 23.7 Å². The normalized spacial score (nSPS) is 13.9. The van der Waals surface area contributed by atoms with E-state index in [9.17, 15) is 22.8 Å². The Morgan fingerprint density at radius 3 is 2.50 bits per heavy atom. The number of benzene rings is 2. The summed E-state index contributed by atoms with van der Waals surface area (Å²) in [7, 11) is -2.75. The van der Waals surface area contributed by atoms with Crippen LogP contribution in [0.25, 0.3) is 0 Å². The molecule has 4 amide bonds. The zero-order chi connectivity index (χ0) is 21.9. The molecule has 0 aromatic heterocycles. The van der Waals surface area contributed by atoms with E-state index in [1.54, 1.807) is 24.3 Å². The summed E-state index contributed by atoms with van der Waals surface area (Å²) in [5, 5.41) is 3.33. The van der Waals surface area contributed by atoms with Gasteiger partial charge in [0.2, 0.25) is 15.9 Å². The first-order valence-electron chi connectivity index (χ1n) is 8.54. The lowest BCUT2D eigenvalue weighted by molar-refractivity contribution is -0.118. The van der Waals surface area contributed by atoms with E-state index in [0.717, 1.165) is 11.1 Å². The molecule has 1 aliphatic heterocycles. The number of halogens is 1. The van der Waals surface area contributed by atoms with E-state index >= 15 is 0 Å². The molecule has 0 bridgehead atoms. The molecule has 30 heavy (non-hydrogen) atoms. The molecule has 12 heteroatoms. The quantitative estimate of drug-likeness (QED) is 0.537. The van der Waals surface area contributed by atoms with Gasteiger partial charge in [0.25, 0.3) is 5.91 Å². The van der Waals surface area contributed by atoms with Crippen LogP contribution in [-0.2, 0) is 21.4 Å². The Hall–Kier alpha value is -3.15. The highest BCUT2D eigenvalue weighted by Crippen LogP contribution is 2.25. The molecule has 0 atom stereocenters. The first kappa shape index (κ1) is 21.6. The lowest BCUT2D eigenvalue weighted by Gasteiger charge is -2.16. The molecule has 0 saturated carbocycles. The van der Waals surface area contributed by atoms with Crippen molar-refractivity contribution in [3.8, 4) is 5.75 Å². The first-order valence-corrected chi connectivity index (χ1v) is 10.4. The van der Waals surface area contributed by atoms with Crippen molar-refractivity contribution in [1.82, 2.24) is 20.5 Å². The third-order valence-electron chi connectivity index (χ3n) is 4.12. The predicted molar refractivity (Wildman–Crippen MR) is 106 cm³/mol. The predicted octanol–water partition coefficient (Wildman–Crippen LogP) is 1.02. The van der Waals surface area contributed by atoms with Crippen molar-refractivity contribution >= 4 is 39.5 Å². The molecule has 0 aliphatic carbocycles. The van der Waals surface area contributed by atoms with Crippen molar-refractivity contribution in [2.24, 2.45) is 0 Å². The van der Waals surface area contributed by atoms with E-state index in [1.807, 2.05) is 5.32 Å². The minimum atomic E-state index is -4.05. The number of hydrogen-bond donors (Lipinski definition) is 3. The van der Waals surface area contributed by atoms with Gasteiger partial charge in [0.15, 0.2) is 0 Å². The zero-order valence-corrected chi connectivity index (χ0v) is 17.2. The Balaban J connectivity index is 1.80. The molecular formula is C18H17ClN4O6S. The number of nitrogens with zero attached hydrogens (tertiary/aromatic N) is 1. The van der Waals surface area contributed by atoms with Gasteiger partial charge in [-0.2, -0.15) is 0 Å². The molecule has 2 aromatic carbocycles. The van der Waals surface area contributed by atoms with Crippen LogP contribution in [0.1, 0.15) is 15.9 Å². The summed E-state index contributed by atoms with van der Waals surface area (Å²) in [4.78, 5) is 35.0. The van der Waals surface area contributed by atoms with E-state index < -0.39 is 27.9 Å². The molecule has 1 aliphatic rings. The SMILES string of the molecule is COc1ccc(C(=O)NN2CC(=O)NC2=O)cc1S(=O)(=O)NCc1ccc(Cl)cc1. The molecule has 10 nitrogen and oxygen atoms in total. The maximum atomic E-state index is 12.8. The van der Waals surface area contributed by atoms with Gasteiger partial charge in [-0.3, -0.25) is 20.3 Å². The Labute approximate surface area is 177 Å². The summed E-state index contributed by atoms with van der Waals surface area (Å²) in [5.74, 6) is -1.30. The van der Waals surface area contributed by atoms with Gasteiger partial charge in [-0.05, 0) is 35.9 Å². The number of methoxy groups -OCH3 is 1. The van der Waals surface area contributed by atoms with Gasteiger partial charge < -0.3 is 4.74 Å². The average Bonchev–Trinajstić information content (AvgIpc) is 3.03. The second-order valence-corrected chi connectivity index (χ2v) is 8.37. The average molecular weight is 453 g/mol. The number of ether oxygens (including phenoxy) is 1. The molecule has 0 radical (unpaired) electrons. The Kier molecular flexibility index (Phi) is 6.25. The molecule has 0 spiro atoms. The van der Waals surface area contributed by atoms with E-state index in [2.05, 4.69) is 10.1 Å². The number of imide groups is 1. The highest BCUT2D eigenvalue weighted by Gasteiger charge is 2.29. The van der Waals surface area contributed by atoms with Gasteiger partial charge in [-0.15, -0.1) is 0 Å². The molecule has 0 unspecified atom stereocenters. The van der Waals surface area contributed by atoms with Crippen molar-refractivity contribution in [3.05, 3.63) is 58.6 Å². The van der Waals surface area contributed by atoms with Crippen molar-refractivity contribution in [1.29, 1.82) is 0 Å². The molecule has 3 N–H and O–H groups in total. The summed E-state index contributed by atoms with van der Waals surface area (Å²) in [6.07, 6.45) is 0.